The highest BCUT2D eigenvalue weighted by Crippen LogP contribution is 2.18. The van der Waals surface area contributed by atoms with Gasteiger partial charge in [0, 0.05) is 26.0 Å². The SMILES string of the molecule is CN(CCCCCN)C(=O)c1nn(C)c2ccccc12. The van der Waals surface area contributed by atoms with E-state index in [1.165, 1.54) is 0 Å². The number of hydrogen-bond donors (Lipinski definition) is 1. The van der Waals surface area contributed by atoms with Crippen LogP contribution in [-0.4, -0.2) is 40.7 Å². The maximum absolute atomic E-state index is 12.5. The normalized spacial score (nSPS) is 10.9. The fourth-order valence-electron chi connectivity index (χ4n) is 2.32. The van der Waals surface area contributed by atoms with Crippen LogP contribution in [-0.2, 0) is 7.05 Å². The third kappa shape index (κ3) is 2.99. The Bertz CT molecular complexity index is 591. The molecule has 20 heavy (non-hydrogen) atoms. The quantitative estimate of drug-likeness (QED) is 0.817. The molecular weight excluding hydrogens is 252 g/mol. The third-order valence-corrected chi connectivity index (χ3v) is 3.50. The van der Waals surface area contributed by atoms with E-state index in [9.17, 15) is 4.79 Å². The van der Waals surface area contributed by atoms with E-state index >= 15 is 0 Å². The number of unbranched alkanes of at least 4 members (excludes halogenated alkanes) is 2. The van der Waals surface area contributed by atoms with Crippen LogP contribution in [0.4, 0.5) is 0 Å². The molecule has 5 nitrogen and oxygen atoms in total. The summed E-state index contributed by atoms with van der Waals surface area (Å²) in [5.41, 5.74) is 6.98. The van der Waals surface area contributed by atoms with Crippen LogP contribution in [0, 0.1) is 0 Å². The Hall–Kier alpha value is -1.88. The Morgan fingerprint density at radius 2 is 2.05 bits per heavy atom. The van der Waals surface area contributed by atoms with Crippen molar-refractivity contribution in [2.75, 3.05) is 20.1 Å². The molecule has 2 aromatic rings. The first kappa shape index (κ1) is 14.5. The molecule has 0 bridgehead atoms. The van der Waals surface area contributed by atoms with Gasteiger partial charge in [0.1, 0.15) is 0 Å². The maximum Gasteiger partial charge on any atom is 0.274 e. The van der Waals surface area contributed by atoms with Gasteiger partial charge in [0.15, 0.2) is 5.69 Å². The van der Waals surface area contributed by atoms with E-state index in [0.29, 0.717) is 12.2 Å². The fraction of sp³-hybridized carbons (Fsp3) is 0.467. The van der Waals surface area contributed by atoms with Crippen LogP contribution in [0.5, 0.6) is 0 Å². The number of carbonyl (C=O) groups is 1. The molecule has 0 aliphatic carbocycles. The first-order valence-corrected chi connectivity index (χ1v) is 7.02. The van der Waals surface area contributed by atoms with Crippen molar-refractivity contribution in [3.05, 3.63) is 30.0 Å². The second-order valence-corrected chi connectivity index (χ2v) is 5.07. The predicted molar refractivity (Wildman–Crippen MR) is 80.6 cm³/mol. The van der Waals surface area contributed by atoms with E-state index in [1.807, 2.05) is 38.4 Å². The van der Waals surface area contributed by atoms with E-state index in [4.69, 9.17) is 5.73 Å². The van der Waals surface area contributed by atoms with Gasteiger partial charge in [0.2, 0.25) is 0 Å². The maximum atomic E-state index is 12.5. The lowest BCUT2D eigenvalue weighted by Crippen LogP contribution is -2.28. The standard InChI is InChI=1S/C15H22N4O/c1-18(11-7-3-6-10-16)15(20)14-12-8-4-5-9-13(12)19(2)17-14/h4-5,8-9H,3,6-7,10-11,16H2,1-2H3. The van der Waals surface area contributed by atoms with Gasteiger partial charge in [-0.1, -0.05) is 24.6 Å². The summed E-state index contributed by atoms with van der Waals surface area (Å²) in [5, 5.41) is 5.27. The number of aryl methyl sites for hydroxylation is 1. The zero-order valence-electron chi connectivity index (χ0n) is 12.2. The molecule has 0 fully saturated rings. The third-order valence-electron chi connectivity index (χ3n) is 3.50. The monoisotopic (exact) mass is 274 g/mol. The first-order chi connectivity index (χ1) is 9.65. The van der Waals surface area contributed by atoms with E-state index in [-0.39, 0.29) is 5.91 Å². The molecule has 1 heterocycles. The van der Waals surface area contributed by atoms with Gasteiger partial charge in [-0.25, -0.2) is 0 Å². The van der Waals surface area contributed by atoms with Crippen LogP contribution in [0.1, 0.15) is 29.8 Å². The summed E-state index contributed by atoms with van der Waals surface area (Å²) in [6.07, 6.45) is 3.04. The number of fused-ring (bicyclic) bond motifs is 1. The molecule has 0 aliphatic rings. The van der Waals surface area contributed by atoms with Crippen LogP contribution in [0.25, 0.3) is 10.9 Å². The van der Waals surface area contributed by atoms with E-state index in [2.05, 4.69) is 5.10 Å². The van der Waals surface area contributed by atoms with Crippen molar-refractivity contribution < 1.29 is 4.79 Å². The molecule has 2 rings (SSSR count). The van der Waals surface area contributed by atoms with Crippen molar-refractivity contribution in [3.63, 3.8) is 0 Å². The summed E-state index contributed by atoms with van der Waals surface area (Å²) in [6.45, 7) is 1.45. The number of carbonyl (C=O) groups excluding carboxylic acids is 1. The van der Waals surface area contributed by atoms with Gasteiger partial charge in [-0.15, -0.1) is 0 Å². The molecule has 1 amide bonds. The van der Waals surface area contributed by atoms with E-state index < -0.39 is 0 Å². The van der Waals surface area contributed by atoms with Crippen molar-refractivity contribution in [2.45, 2.75) is 19.3 Å². The average Bonchev–Trinajstić information content (AvgIpc) is 2.80. The highest BCUT2D eigenvalue weighted by molar-refractivity contribution is 6.04. The summed E-state index contributed by atoms with van der Waals surface area (Å²) in [4.78, 5) is 14.2. The number of rotatable bonds is 6. The average molecular weight is 274 g/mol. The first-order valence-electron chi connectivity index (χ1n) is 7.02. The second-order valence-electron chi connectivity index (χ2n) is 5.07. The molecule has 0 radical (unpaired) electrons. The Morgan fingerprint density at radius 1 is 1.30 bits per heavy atom. The zero-order chi connectivity index (χ0) is 14.5. The Labute approximate surface area is 119 Å². The van der Waals surface area contributed by atoms with Gasteiger partial charge < -0.3 is 10.6 Å². The molecule has 0 aliphatic heterocycles. The van der Waals surface area contributed by atoms with Crippen molar-refractivity contribution >= 4 is 16.8 Å². The summed E-state index contributed by atoms with van der Waals surface area (Å²) in [5.74, 6) is -0.0189. The highest BCUT2D eigenvalue weighted by Gasteiger charge is 2.18. The van der Waals surface area contributed by atoms with Crippen LogP contribution in [0.3, 0.4) is 0 Å². The van der Waals surface area contributed by atoms with Gasteiger partial charge in [0.25, 0.3) is 5.91 Å². The molecule has 0 spiro atoms. The van der Waals surface area contributed by atoms with Crippen molar-refractivity contribution in [1.29, 1.82) is 0 Å². The summed E-state index contributed by atoms with van der Waals surface area (Å²) >= 11 is 0. The predicted octanol–water partition coefficient (Wildman–Crippen LogP) is 1.77. The fourth-order valence-corrected chi connectivity index (χ4v) is 2.32. The van der Waals surface area contributed by atoms with Gasteiger partial charge in [-0.05, 0) is 25.5 Å². The highest BCUT2D eigenvalue weighted by atomic mass is 16.2. The number of benzene rings is 1. The molecule has 0 saturated carbocycles. The van der Waals surface area contributed by atoms with Gasteiger partial charge in [-0.2, -0.15) is 5.10 Å². The lowest BCUT2D eigenvalue weighted by Gasteiger charge is -2.15. The summed E-state index contributed by atoms with van der Waals surface area (Å²) in [7, 11) is 3.69. The number of nitrogens with zero attached hydrogens (tertiary/aromatic N) is 3. The Kier molecular flexibility index (Phi) is 4.74. The minimum atomic E-state index is -0.0189. The molecule has 1 aromatic heterocycles. The van der Waals surface area contributed by atoms with Crippen molar-refractivity contribution in [3.8, 4) is 0 Å². The van der Waals surface area contributed by atoms with Gasteiger partial charge in [0.05, 0.1) is 5.52 Å². The van der Waals surface area contributed by atoms with Crippen LogP contribution in [0.15, 0.2) is 24.3 Å². The van der Waals surface area contributed by atoms with Gasteiger partial charge in [-0.3, -0.25) is 9.48 Å². The van der Waals surface area contributed by atoms with Crippen molar-refractivity contribution in [1.82, 2.24) is 14.7 Å². The molecule has 0 unspecified atom stereocenters. The Morgan fingerprint density at radius 3 is 2.80 bits per heavy atom. The Balaban J connectivity index is 2.11. The molecule has 5 heteroatoms. The van der Waals surface area contributed by atoms with Crippen LogP contribution in [0.2, 0.25) is 0 Å². The molecule has 1 aromatic carbocycles. The van der Waals surface area contributed by atoms with E-state index in [0.717, 1.165) is 36.7 Å². The lowest BCUT2D eigenvalue weighted by atomic mass is 10.2. The zero-order valence-corrected chi connectivity index (χ0v) is 12.2. The van der Waals surface area contributed by atoms with Gasteiger partial charge >= 0.3 is 0 Å². The molecule has 2 N–H and O–H groups in total. The van der Waals surface area contributed by atoms with Crippen molar-refractivity contribution in [2.24, 2.45) is 12.8 Å². The van der Waals surface area contributed by atoms with Crippen LogP contribution < -0.4 is 5.73 Å². The summed E-state index contributed by atoms with van der Waals surface area (Å²) < 4.78 is 1.75. The second kappa shape index (κ2) is 6.52. The molecule has 0 saturated heterocycles. The molecule has 0 atom stereocenters. The number of amides is 1. The lowest BCUT2D eigenvalue weighted by molar-refractivity contribution is 0.0788. The number of hydrogen-bond acceptors (Lipinski definition) is 3. The van der Waals surface area contributed by atoms with Crippen LogP contribution >= 0.6 is 0 Å². The number of para-hydroxylation sites is 1. The molecule has 108 valence electrons. The summed E-state index contributed by atoms with van der Waals surface area (Å²) in [6, 6.07) is 7.80. The smallest absolute Gasteiger partial charge is 0.274 e. The largest absolute Gasteiger partial charge is 0.340 e. The molecular formula is C15H22N4O. The minimum absolute atomic E-state index is 0.0189. The number of aromatic nitrogens is 2. The van der Waals surface area contributed by atoms with E-state index in [1.54, 1.807) is 9.58 Å². The minimum Gasteiger partial charge on any atom is -0.340 e. The number of nitrogens with two attached hydrogens (primary N) is 1. The topological polar surface area (TPSA) is 64.2 Å².